The number of halogens is 2. The third-order valence-electron chi connectivity index (χ3n) is 0.971. The topological polar surface area (TPSA) is 12.4 Å². The highest BCUT2D eigenvalue weighted by atomic mass is 35.5. The summed E-state index contributed by atoms with van der Waals surface area (Å²) in [6, 6.07) is 0. The highest BCUT2D eigenvalue weighted by Gasteiger charge is 2.08. The van der Waals surface area contributed by atoms with Gasteiger partial charge in [-0.25, -0.2) is 4.99 Å². The van der Waals surface area contributed by atoms with Gasteiger partial charge in [0.05, 0.1) is 11.1 Å². The first-order valence-electron chi connectivity index (χ1n) is 2.45. The van der Waals surface area contributed by atoms with Crippen LogP contribution >= 0.6 is 23.2 Å². The normalized spacial score (nSPS) is 26.2. The van der Waals surface area contributed by atoms with Crippen molar-refractivity contribution in [3.05, 3.63) is 24.4 Å². The van der Waals surface area contributed by atoms with Gasteiger partial charge in [-0.2, -0.15) is 0 Å². The molecule has 0 spiro atoms. The third kappa shape index (κ3) is 1.57. The number of dihydropyridines is 1. The zero-order valence-electron chi connectivity index (χ0n) is 4.64. The maximum atomic E-state index is 5.68. The molecule has 0 aromatic carbocycles. The van der Waals surface area contributed by atoms with Crippen molar-refractivity contribution in [1.29, 1.82) is 0 Å². The van der Waals surface area contributed by atoms with E-state index >= 15 is 0 Å². The summed E-state index contributed by atoms with van der Waals surface area (Å²) in [6.07, 6.45) is 3.41. The highest BCUT2D eigenvalue weighted by molar-refractivity contribution is 6.68. The van der Waals surface area contributed by atoms with Crippen molar-refractivity contribution in [2.75, 3.05) is 0 Å². The summed E-state index contributed by atoms with van der Waals surface area (Å²) in [7, 11) is 0. The minimum Gasteiger partial charge on any atom is -0.240 e. The first-order chi connectivity index (χ1) is 4.20. The minimum absolute atomic E-state index is 0.188. The summed E-state index contributed by atoms with van der Waals surface area (Å²) in [5.74, 6) is 0. The summed E-state index contributed by atoms with van der Waals surface area (Å²) in [4.78, 5) is 3.83. The number of nitrogens with zero attached hydrogens (tertiary/aromatic N) is 1. The Morgan fingerprint density at radius 2 is 2.33 bits per heavy atom. The molecule has 0 saturated carbocycles. The lowest BCUT2D eigenvalue weighted by atomic mass is 10.3. The van der Waals surface area contributed by atoms with E-state index in [0.717, 1.165) is 0 Å². The van der Waals surface area contributed by atoms with Gasteiger partial charge in [-0.3, -0.25) is 0 Å². The van der Waals surface area contributed by atoms with Gasteiger partial charge in [-0.05, 0) is 6.08 Å². The Morgan fingerprint density at radius 1 is 1.67 bits per heavy atom. The zero-order chi connectivity index (χ0) is 6.85. The van der Waals surface area contributed by atoms with Crippen LogP contribution in [0.1, 0.15) is 0 Å². The van der Waals surface area contributed by atoms with Crippen molar-refractivity contribution < 1.29 is 0 Å². The lowest BCUT2D eigenvalue weighted by Crippen LogP contribution is -2.02. The summed E-state index contributed by atoms with van der Waals surface area (Å²) < 4.78 is 0. The standard InChI is InChI=1S/C6H5Cl2N/c1-4-5(7)2-3-6(8)9-4/h2-3,5H,1H2. The van der Waals surface area contributed by atoms with Gasteiger partial charge in [0, 0.05) is 0 Å². The minimum atomic E-state index is -0.188. The van der Waals surface area contributed by atoms with Gasteiger partial charge in [-0.15, -0.1) is 11.6 Å². The molecule has 0 saturated heterocycles. The van der Waals surface area contributed by atoms with Crippen LogP contribution in [0.25, 0.3) is 0 Å². The molecule has 0 bridgehead atoms. The van der Waals surface area contributed by atoms with Crippen molar-refractivity contribution in [1.82, 2.24) is 0 Å². The number of allylic oxidation sites excluding steroid dienone is 2. The SMILES string of the molecule is C=C1N=C(Cl)C=CC1Cl. The van der Waals surface area contributed by atoms with Crippen LogP contribution in [-0.2, 0) is 0 Å². The van der Waals surface area contributed by atoms with Crippen LogP contribution in [0.4, 0.5) is 0 Å². The second kappa shape index (κ2) is 2.54. The molecule has 1 nitrogen and oxygen atoms in total. The van der Waals surface area contributed by atoms with E-state index in [-0.39, 0.29) is 5.38 Å². The quantitative estimate of drug-likeness (QED) is 0.484. The van der Waals surface area contributed by atoms with Crippen LogP contribution < -0.4 is 0 Å². The van der Waals surface area contributed by atoms with E-state index in [1.807, 2.05) is 0 Å². The molecule has 9 heavy (non-hydrogen) atoms. The van der Waals surface area contributed by atoms with E-state index in [1.54, 1.807) is 12.2 Å². The molecule has 0 fully saturated rings. The van der Waals surface area contributed by atoms with Gasteiger partial charge in [0.2, 0.25) is 0 Å². The lowest BCUT2D eigenvalue weighted by Gasteiger charge is -2.06. The van der Waals surface area contributed by atoms with E-state index in [0.29, 0.717) is 10.9 Å². The predicted octanol–water partition coefficient (Wildman–Crippen LogP) is 2.31. The third-order valence-corrected chi connectivity index (χ3v) is 1.58. The van der Waals surface area contributed by atoms with Gasteiger partial charge >= 0.3 is 0 Å². The van der Waals surface area contributed by atoms with E-state index in [9.17, 15) is 0 Å². The van der Waals surface area contributed by atoms with Gasteiger partial charge in [0.1, 0.15) is 5.17 Å². The van der Waals surface area contributed by atoms with Crippen molar-refractivity contribution in [3.8, 4) is 0 Å². The van der Waals surface area contributed by atoms with Crippen molar-refractivity contribution in [3.63, 3.8) is 0 Å². The van der Waals surface area contributed by atoms with Crippen molar-refractivity contribution in [2.45, 2.75) is 5.38 Å². The first kappa shape index (κ1) is 6.84. The molecule has 3 heteroatoms. The Bertz CT molecular complexity index is 193. The van der Waals surface area contributed by atoms with E-state index in [2.05, 4.69) is 11.6 Å². The van der Waals surface area contributed by atoms with E-state index in [1.165, 1.54) is 0 Å². The van der Waals surface area contributed by atoms with E-state index in [4.69, 9.17) is 23.2 Å². The van der Waals surface area contributed by atoms with Crippen LogP contribution in [-0.4, -0.2) is 10.5 Å². The van der Waals surface area contributed by atoms with Crippen LogP contribution in [0, 0.1) is 0 Å². The fraction of sp³-hybridized carbons (Fsp3) is 0.167. The Morgan fingerprint density at radius 3 is 2.78 bits per heavy atom. The average molecular weight is 162 g/mol. The molecule has 1 aliphatic heterocycles. The molecule has 1 aliphatic rings. The van der Waals surface area contributed by atoms with Crippen LogP contribution in [0.3, 0.4) is 0 Å². The maximum absolute atomic E-state index is 5.68. The number of hydrogen-bond acceptors (Lipinski definition) is 1. The Hall–Kier alpha value is -0.270. The first-order valence-corrected chi connectivity index (χ1v) is 3.27. The smallest absolute Gasteiger partial charge is 0.129 e. The summed E-state index contributed by atoms with van der Waals surface area (Å²) in [5.41, 5.74) is 0.601. The van der Waals surface area contributed by atoms with Gasteiger partial charge in [0.15, 0.2) is 0 Å². The number of aliphatic imine (C=N–C) groups is 1. The molecule has 1 heterocycles. The highest BCUT2D eigenvalue weighted by Crippen LogP contribution is 2.16. The average Bonchev–Trinajstić information content (AvgIpc) is 1.80. The number of alkyl halides is 1. The molecule has 0 aromatic heterocycles. The van der Waals surface area contributed by atoms with Gasteiger partial charge in [0.25, 0.3) is 0 Å². The molecule has 0 aromatic rings. The van der Waals surface area contributed by atoms with Crippen molar-refractivity contribution in [2.24, 2.45) is 4.99 Å². The van der Waals surface area contributed by atoms with Crippen LogP contribution in [0.5, 0.6) is 0 Å². The zero-order valence-corrected chi connectivity index (χ0v) is 6.15. The molecule has 0 radical (unpaired) electrons. The summed E-state index contributed by atoms with van der Waals surface area (Å²) >= 11 is 11.2. The Balaban J connectivity index is 2.82. The fourth-order valence-electron chi connectivity index (χ4n) is 0.511. The molecule has 0 N–H and O–H groups in total. The predicted molar refractivity (Wildman–Crippen MR) is 41.2 cm³/mol. The fourth-order valence-corrected chi connectivity index (χ4v) is 0.814. The van der Waals surface area contributed by atoms with Gasteiger partial charge in [-0.1, -0.05) is 24.3 Å². The second-order valence-corrected chi connectivity index (χ2v) is 2.54. The summed E-state index contributed by atoms with van der Waals surface area (Å²) in [5, 5.41) is 0.254. The molecule has 1 rings (SSSR count). The molecule has 1 atom stereocenters. The van der Waals surface area contributed by atoms with Crippen molar-refractivity contribution >= 4 is 28.4 Å². The Kier molecular flexibility index (Phi) is 1.94. The molecular formula is C6H5Cl2N. The molecule has 48 valence electrons. The Labute approximate surface area is 63.7 Å². The largest absolute Gasteiger partial charge is 0.240 e. The van der Waals surface area contributed by atoms with Gasteiger partial charge < -0.3 is 0 Å². The van der Waals surface area contributed by atoms with Crippen LogP contribution in [0.2, 0.25) is 0 Å². The van der Waals surface area contributed by atoms with E-state index < -0.39 is 0 Å². The van der Waals surface area contributed by atoms with Crippen LogP contribution in [0.15, 0.2) is 29.4 Å². The lowest BCUT2D eigenvalue weighted by molar-refractivity contribution is 1.17. The molecule has 0 aliphatic carbocycles. The molecular weight excluding hydrogens is 157 g/mol. The second-order valence-electron chi connectivity index (χ2n) is 1.69. The molecule has 0 amide bonds. The number of hydrogen-bond donors (Lipinski definition) is 0. The maximum Gasteiger partial charge on any atom is 0.129 e. The monoisotopic (exact) mass is 161 g/mol. The summed E-state index contributed by atoms with van der Waals surface area (Å²) in [6.45, 7) is 3.59. The number of rotatable bonds is 0. The molecule has 1 unspecified atom stereocenters.